The molecule has 111 heavy (non-hydrogen) atoms. The minimum Gasteiger partial charge on any atom is -0.379 e. The summed E-state index contributed by atoms with van der Waals surface area (Å²) >= 11 is 18.2. The van der Waals surface area contributed by atoms with Crippen LogP contribution in [0.1, 0.15) is 172 Å². The quantitative estimate of drug-likeness (QED) is 0.0305. The molecule has 614 valence electrons. The van der Waals surface area contributed by atoms with Crippen LogP contribution < -0.4 is 26.6 Å². The third-order valence-electron chi connectivity index (χ3n) is 20.9. The van der Waals surface area contributed by atoms with Gasteiger partial charge in [-0.1, -0.05) is 213 Å². The molecule has 5 saturated heterocycles. The van der Waals surface area contributed by atoms with Gasteiger partial charge in [0.25, 0.3) is 0 Å². The molecule has 5 N–H and O–H groups in total. The van der Waals surface area contributed by atoms with Crippen molar-refractivity contribution in [2.75, 3.05) is 165 Å². The Kier molecular flexibility index (Phi) is 43.3. The van der Waals surface area contributed by atoms with Crippen molar-refractivity contribution < 1.29 is 14.2 Å². The molecule has 0 saturated carbocycles. The van der Waals surface area contributed by atoms with Crippen LogP contribution >= 0.6 is 34.8 Å². The largest absolute Gasteiger partial charge is 0.379 e. The molecule has 17 nitrogen and oxygen atoms in total. The summed E-state index contributed by atoms with van der Waals surface area (Å²) < 4.78 is 18.2. The molecule has 20 heteroatoms. The maximum Gasteiger partial charge on any atom is 0.0645 e. The Morgan fingerprint density at radius 1 is 0.396 bits per heavy atom. The van der Waals surface area contributed by atoms with Gasteiger partial charge in [0.05, 0.1) is 45.3 Å². The zero-order valence-corrected chi connectivity index (χ0v) is 72.5. The second-order valence-electron chi connectivity index (χ2n) is 32.1. The van der Waals surface area contributed by atoms with Crippen LogP contribution in [0.4, 0.5) is 0 Å². The first kappa shape index (κ1) is 93.0. The van der Waals surface area contributed by atoms with Crippen LogP contribution in [0, 0.1) is 0 Å². The minimum absolute atomic E-state index is 0.366. The van der Waals surface area contributed by atoms with Gasteiger partial charge in [0.15, 0.2) is 0 Å². The second kappa shape index (κ2) is 51.7. The average molecular weight is 1590 g/mol. The average Bonchev–Trinajstić information content (AvgIpc) is 1.27. The number of piperazine rings is 1. The van der Waals surface area contributed by atoms with E-state index in [9.17, 15) is 0 Å². The van der Waals surface area contributed by atoms with Crippen molar-refractivity contribution in [3.8, 4) is 5.69 Å². The fourth-order valence-corrected chi connectivity index (χ4v) is 15.0. The Morgan fingerprint density at radius 2 is 0.811 bits per heavy atom. The van der Waals surface area contributed by atoms with Gasteiger partial charge in [0, 0.05) is 198 Å². The maximum absolute atomic E-state index is 6.13. The standard InChI is InChI=1S/C16H27N3.C16H26N2O.2C15H23ClN2O.C15H23ClN2.C14H19N3/c1-14(2)17-16(15-7-5-4-6-8-15)13-19-11-9-18(3)10-12-19;1-14(2)17(3)13-16(15-7-5-4-6-8-15)18-9-11-19-12-10-18;1-12(2)17-11-15(18-7-9-19-10-8-18)13-3-5-14(16)6-4-13;1-12(2)17-11-15(18-6-8-19-9-7-18)13-4-3-5-14(16)10-13;1-12(2)17-15(11-18-8-3-4-9-18)13-6-5-7-14(16)10-13;1-11(2)16-12(3)13-5-7-14(8-6-13)17-10-4-9-15-17/h4-8,14,16-17H,9-13H2,1-3H3;4-8,14,16H,9-13H2,1-3H3;3-6,12,15,17H,7-11H2,1-2H3;3-5,10,12,15,17H,6-9,11H2,1-2H3;5-7,10,12,15,17H,3-4,8-9,11H2,1-2H3;4-12,16H,1-3H3/t;;;;15-;/m....0./s1. The smallest absolute Gasteiger partial charge is 0.0645 e. The zero-order valence-electron chi connectivity index (χ0n) is 70.2. The van der Waals surface area contributed by atoms with Gasteiger partial charge in [-0.3, -0.25) is 19.6 Å². The number of hydrogen-bond acceptors (Lipinski definition) is 16. The highest BCUT2D eigenvalue weighted by molar-refractivity contribution is 6.31. The van der Waals surface area contributed by atoms with Crippen molar-refractivity contribution in [3.05, 3.63) is 225 Å². The van der Waals surface area contributed by atoms with E-state index in [1.54, 1.807) is 6.20 Å². The molecule has 6 aromatic carbocycles. The normalized spacial score (nSPS) is 18.0. The highest BCUT2D eigenvalue weighted by Crippen LogP contribution is 2.28. The number of hydrogen-bond donors (Lipinski definition) is 5. The summed E-state index contributed by atoms with van der Waals surface area (Å²) in [4.78, 5) is 17.5. The Hall–Kier alpha value is -5.20. The molecule has 6 heterocycles. The molecule has 12 rings (SSSR count). The SMILES string of the molecule is CC(C)N(C)CC(c1ccccc1)N1CCOCC1.CC(C)NC(C)c1ccc(-n2cccn2)cc1.CC(C)NC(CN1CCN(C)CC1)c1ccccc1.CC(C)NCC(c1ccc(Cl)cc1)N1CCOCC1.CC(C)NCC(c1cccc(Cl)c1)N1CCOCC1.CC(C)N[C@@H](CN1CCCC1)c1cccc(Cl)c1. The number of morpholine rings is 3. The Morgan fingerprint density at radius 3 is 1.26 bits per heavy atom. The topological polar surface area (TPSA) is 128 Å². The van der Waals surface area contributed by atoms with E-state index in [4.69, 9.17) is 49.0 Å². The van der Waals surface area contributed by atoms with Crippen LogP contribution in [-0.4, -0.2) is 245 Å². The molecular formula is C91H141Cl3N14O3. The first-order chi connectivity index (χ1) is 53.5. The number of nitrogens with zero attached hydrogens (tertiary/aromatic N) is 9. The first-order valence-corrected chi connectivity index (χ1v) is 42.6. The minimum atomic E-state index is 0.366. The van der Waals surface area contributed by atoms with Crippen molar-refractivity contribution in [2.45, 2.75) is 175 Å². The summed E-state index contributed by atoms with van der Waals surface area (Å²) in [6.07, 6.45) is 6.41. The van der Waals surface area contributed by atoms with Gasteiger partial charge >= 0.3 is 0 Å². The molecule has 0 amide bonds. The molecule has 5 aliphatic heterocycles. The Labute approximate surface area is 686 Å². The summed E-state index contributed by atoms with van der Waals surface area (Å²) in [7, 11) is 4.42. The summed E-state index contributed by atoms with van der Waals surface area (Å²) in [6.45, 7) is 51.9. The molecule has 5 unspecified atom stereocenters. The number of aromatic nitrogens is 2. The fraction of sp³-hybridized carbons (Fsp3) is 0.571. The maximum atomic E-state index is 6.13. The zero-order chi connectivity index (χ0) is 79.9. The van der Waals surface area contributed by atoms with Crippen molar-refractivity contribution in [1.82, 2.24) is 70.7 Å². The van der Waals surface area contributed by atoms with Crippen LogP contribution in [0.15, 0.2) is 176 Å². The van der Waals surface area contributed by atoms with Gasteiger partial charge < -0.3 is 55.5 Å². The fourth-order valence-electron chi connectivity index (χ4n) is 14.4. The molecule has 0 bridgehead atoms. The lowest BCUT2D eigenvalue weighted by molar-refractivity contribution is 0.00744. The molecule has 5 fully saturated rings. The van der Waals surface area contributed by atoms with Gasteiger partial charge in [0.1, 0.15) is 0 Å². The molecular weight excluding hydrogens is 1440 g/mol. The number of nitrogens with one attached hydrogen (secondary N) is 5. The van der Waals surface area contributed by atoms with E-state index in [2.05, 4.69) is 291 Å². The van der Waals surface area contributed by atoms with E-state index in [1.807, 2.05) is 53.3 Å². The molecule has 0 aliphatic carbocycles. The van der Waals surface area contributed by atoms with Crippen LogP contribution in [0.25, 0.3) is 5.69 Å². The van der Waals surface area contributed by atoms with Gasteiger partial charge in [-0.05, 0) is 149 Å². The predicted octanol–water partition coefficient (Wildman–Crippen LogP) is 16.2. The Balaban J connectivity index is 0.000000185. The van der Waals surface area contributed by atoms with Crippen LogP contribution in [-0.2, 0) is 14.2 Å². The highest BCUT2D eigenvalue weighted by Gasteiger charge is 2.28. The third-order valence-corrected chi connectivity index (χ3v) is 21.6. The first-order valence-electron chi connectivity index (χ1n) is 41.5. The van der Waals surface area contributed by atoms with Crippen molar-refractivity contribution >= 4 is 34.8 Å². The van der Waals surface area contributed by atoms with E-state index in [0.29, 0.717) is 72.5 Å². The third kappa shape index (κ3) is 35.4. The predicted molar refractivity (Wildman–Crippen MR) is 469 cm³/mol. The van der Waals surface area contributed by atoms with Crippen LogP contribution in [0.5, 0.6) is 0 Å². The number of ether oxygens (including phenoxy) is 3. The molecule has 5 aliphatic rings. The molecule has 0 radical (unpaired) electrons. The van der Waals surface area contributed by atoms with Crippen LogP contribution in [0.2, 0.25) is 15.1 Å². The summed E-state index contributed by atoms with van der Waals surface area (Å²) in [5, 5.41) is 24.5. The van der Waals surface area contributed by atoms with Gasteiger partial charge in [-0.2, -0.15) is 5.10 Å². The summed E-state index contributed by atoms with van der Waals surface area (Å²) in [6, 6.07) is 62.2. The van der Waals surface area contributed by atoms with Crippen molar-refractivity contribution in [2.24, 2.45) is 0 Å². The van der Waals surface area contributed by atoms with E-state index < -0.39 is 0 Å². The monoisotopic (exact) mass is 1580 g/mol. The molecule has 7 aromatic rings. The number of benzene rings is 6. The molecule has 6 atom stereocenters. The van der Waals surface area contributed by atoms with Crippen LogP contribution in [0.3, 0.4) is 0 Å². The van der Waals surface area contributed by atoms with Gasteiger partial charge in [-0.15, -0.1) is 0 Å². The number of rotatable bonds is 29. The Bertz CT molecular complexity index is 3490. The van der Waals surface area contributed by atoms with E-state index in [-0.39, 0.29) is 0 Å². The van der Waals surface area contributed by atoms with Crippen molar-refractivity contribution in [3.63, 3.8) is 0 Å². The van der Waals surface area contributed by atoms with E-state index in [0.717, 1.165) is 132 Å². The molecule has 1 aromatic heterocycles. The summed E-state index contributed by atoms with van der Waals surface area (Å²) in [5.41, 5.74) is 9.10. The van der Waals surface area contributed by atoms with Crippen molar-refractivity contribution in [1.29, 1.82) is 0 Å². The second-order valence-corrected chi connectivity index (χ2v) is 33.4. The lowest BCUT2D eigenvalue weighted by Crippen LogP contribution is -2.47. The number of likely N-dealkylation sites (tertiary alicyclic amines) is 1. The van der Waals surface area contributed by atoms with E-state index >= 15 is 0 Å². The number of halogens is 3. The highest BCUT2D eigenvalue weighted by atomic mass is 35.5. The van der Waals surface area contributed by atoms with E-state index in [1.165, 1.54) is 85.5 Å². The van der Waals surface area contributed by atoms with Gasteiger partial charge in [0.2, 0.25) is 0 Å². The lowest BCUT2D eigenvalue weighted by Gasteiger charge is -2.37. The van der Waals surface area contributed by atoms with Gasteiger partial charge in [-0.25, -0.2) is 4.68 Å². The molecule has 0 spiro atoms. The lowest BCUT2D eigenvalue weighted by atomic mass is 10.0. The number of likely N-dealkylation sites (N-methyl/N-ethyl adjacent to an activating group) is 2. The summed E-state index contributed by atoms with van der Waals surface area (Å²) in [5.74, 6) is 0.